The Labute approximate surface area is 165 Å². The van der Waals surface area contributed by atoms with Crippen molar-refractivity contribution in [2.75, 3.05) is 6.61 Å². The van der Waals surface area contributed by atoms with Crippen LogP contribution in [-0.2, 0) is 11.3 Å². The van der Waals surface area contributed by atoms with Crippen molar-refractivity contribution in [2.24, 2.45) is 0 Å². The molecule has 0 N–H and O–H groups in total. The Kier molecular flexibility index (Phi) is 8.35. The third-order valence-corrected chi connectivity index (χ3v) is 5.86. The van der Waals surface area contributed by atoms with E-state index in [1.807, 2.05) is 0 Å². The fraction of sp³-hybridized carbons (Fsp3) is 0.560. The first-order valence-electron chi connectivity index (χ1n) is 11.0. The van der Waals surface area contributed by atoms with Gasteiger partial charge in [-0.25, -0.2) is 4.57 Å². The van der Waals surface area contributed by atoms with Crippen molar-refractivity contribution >= 4 is 0 Å². The maximum Gasteiger partial charge on any atom is 0.178 e. The highest BCUT2D eigenvalue weighted by Gasteiger charge is 2.19. The molecule has 1 fully saturated rings. The molecule has 0 radical (unpaired) electrons. The highest BCUT2D eigenvalue weighted by molar-refractivity contribution is 5.27. The van der Waals surface area contributed by atoms with Crippen LogP contribution >= 0.6 is 0 Å². The first kappa shape index (κ1) is 20.1. The molecule has 1 aromatic heterocycles. The second kappa shape index (κ2) is 11.2. The highest BCUT2D eigenvalue weighted by atomic mass is 16.5. The molecule has 27 heavy (non-hydrogen) atoms. The molecule has 1 atom stereocenters. The molecule has 1 aromatic carbocycles. The molecule has 2 heteroatoms. The average molecular weight is 367 g/mol. The van der Waals surface area contributed by atoms with Crippen molar-refractivity contribution in [3.05, 3.63) is 66.0 Å². The summed E-state index contributed by atoms with van der Waals surface area (Å²) in [5.41, 5.74) is 2.83. The molecule has 0 amide bonds. The Morgan fingerprint density at radius 1 is 0.926 bits per heavy atom. The molecular formula is C25H36NO+. The number of hydrogen-bond donors (Lipinski definition) is 0. The van der Waals surface area contributed by atoms with E-state index in [2.05, 4.69) is 66.3 Å². The number of aromatic nitrogens is 1. The van der Waals surface area contributed by atoms with E-state index >= 15 is 0 Å². The summed E-state index contributed by atoms with van der Waals surface area (Å²) in [5.74, 6) is 0.768. The van der Waals surface area contributed by atoms with Gasteiger partial charge in [0.15, 0.2) is 18.9 Å². The zero-order valence-corrected chi connectivity index (χ0v) is 17.0. The lowest BCUT2D eigenvalue weighted by atomic mass is 9.84. The van der Waals surface area contributed by atoms with E-state index < -0.39 is 0 Å². The van der Waals surface area contributed by atoms with Crippen LogP contribution in [0.1, 0.15) is 87.9 Å². The van der Waals surface area contributed by atoms with E-state index in [0.29, 0.717) is 0 Å². The van der Waals surface area contributed by atoms with Gasteiger partial charge < -0.3 is 4.74 Å². The third kappa shape index (κ3) is 6.46. The highest BCUT2D eigenvalue weighted by Crippen LogP contribution is 2.33. The van der Waals surface area contributed by atoms with Crippen molar-refractivity contribution < 1.29 is 9.30 Å². The lowest BCUT2D eigenvalue weighted by Gasteiger charge is -2.23. The van der Waals surface area contributed by atoms with Crippen molar-refractivity contribution in [1.82, 2.24) is 0 Å². The van der Waals surface area contributed by atoms with Crippen LogP contribution in [0, 0.1) is 0 Å². The van der Waals surface area contributed by atoms with E-state index in [-0.39, 0.29) is 6.10 Å². The molecule has 0 spiro atoms. The van der Waals surface area contributed by atoms with Crippen LogP contribution in [0.15, 0.2) is 54.9 Å². The molecule has 3 rings (SSSR count). The molecule has 0 bridgehead atoms. The molecule has 1 aliphatic carbocycles. The summed E-state index contributed by atoms with van der Waals surface area (Å²) < 4.78 is 8.57. The van der Waals surface area contributed by atoms with E-state index in [9.17, 15) is 0 Å². The van der Waals surface area contributed by atoms with Gasteiger partial charge in [0, 0.05) is 18.7 Å². The normalized spacial score (nSPS) is 16.3. The van der Waals surface area contributed by atoms with E-state index in [4.69, 9.17) is 4.74 Å². The van der Waals surface area contributed by atoms with Gasteiger partial charge in [-0.2, -0.15) is 0 Å². The Balaban J connectivity index is 1.64. The van der Waals surface area contributed by atoms with Crippen LogP contribution in [0.25, 0.3) is 0 Å². The first-order chi connectivity index (χ1) is 13.4. The van der Waals surface area contributed by atoms with Gasteiger partial charge in [-0.05, 0) is 36.3 Å². The minimum Gasteiger partial charge on any atom is -0.367 e. The fourth-order valence-electron chi connectivity index (χ4n) is 4.18. The van der Waals surface area contributed by atoms with Gasteiger partial charge in [0.25, 0.3) is 0 Å². The van der Waals surface area contributed by atoms with Crippen molar-refractivity contribution in [3.8, 4) is 0 Å². The molecule has 2 aromatic rings. The molecule has 0 aliphatic heterocycles. The Bertz CT molecular complexity index is 631. The number of unbranched alkanes of at least 4 members (excludes halogenated alkanes) is 3. The number of hydrogen-bond acceptors (Lipinski definition) is 1. The van der Waals surface area contributed by atoms with E-state index in [0.717, 1.165) is 25.5 Å². The predicted molar refractivity (Wildman–Crippen MR) is 112 cm³/mol. The van der Waals surface area contributed by atoms with E-state index in [1.54, 1.807) is 0 Å². The summed E-state index contributed by atoms with van der Waals surface area (Å²) in [7, 11) is 0. The molecule has 0 saturated heterocycles. The maximum absolute atomic E-state index is 6.34. The maximum atomic E-state index is 6.34. The summed E-state index contributed by atoms with van der Waals surface area (Å²) in [6.07, 6.45) is 16.3. The molecule has 1 heterocycles. The molecule has 1 saturated carbocycles. The van der Waals surface area contributed by atoms with Crippen LogP contribution < -0.4 is 4.57 Å². The topological polar surface area (TPSA) is 13.1 Å². The van der Waals surface area contributed by atoms with Crippen LogP contribution in [0.2, 0.25) is 0 Å². The summed E-state index contributed by atoms with van der Waals surface area (Å²) >= 11 is 0. The van der Waals surface area contributed by atoms with Crippen LogP contribution in [0.5, 0.6) is 0 Å². The number of rotatable bonds is 10. The first-order valence-corrected chi connectivity index (χ1v) is 11.0. The second-order valence-corrected chi connectivity index (χ2v) is 7.99. The van der Waals surface area contributed by atoms with Gasteiger partial charge in [-0.1, -0.05) is 75.8 Å². The Morgan fingerprint density at radius 3 is 2.37 bits per heavy atom. The molecule has 1 aliphatic rings. The van der Waals surface area contributed by atoms with Crippen LogP contribution in [-0.4, -0.2) is 6.61 Å². The largest absolute Gasteiger partial charge is 0.367 e. The lowest BCUT2D eigenvalue weighted by Crippen LogP contribution is -2.36. The van der Waals surface area contributed by atoms with Crippen molar-refractivity contribution in [3.63, 3.8) is 0 Å². The van der Waals surface area contributed by atoms with Gasteiger partial charge in [0.1, 0.15) is 6.10 Å². The predicted octanol–water partition coefficient (Wildman–Crippen LogP) is 6.36. The van der Waals surface area contributed by atoms with Gasteiger partial charge in [-0.15, -0.1) is 0 Å². The SMILES string of the molecule is CCCCCCOC(C[n+]1ccccc1)c1ccc(C2CCCCC2)cc1. The average Bonchev–Trinajstić information content (AvgIpc) is 2.74. The standard InChI is InChI=1S/C25H36NO/c1-2-3-4-11-20-27-25(21-26-18-9-6-10-19-26)24-16-14-23(15-17-24)22-12-7-5-8-13-22/h6,9-10,14-19,22,25H,2-5,7-8,11-13,20-21H2,1H3/q+1. The minimum atomic E-state index is 0.124. The number of pyridine rings is 1. The Hall–Kier alpha value is -1.67. The van der Waals surface area contributed by atoms with Gasteiger partial charge in [-0.3, -0.25) is 0 Å². The molecular weight excluding hydrogens is 330 g/mol. The molecule has 146 valence electrons. The van der Waals surface area contributed by atoms with Crippen LogP contribution in [0.3, 0.4) is 0 Å². The summed E-state index contributed by atoms with van der Waals surface area (Å²) in [6.45, 7) is 3.98. The third-order valence-electron chi connectivity index (χ3n) is 5.86. The monoisotopic (exact) mass is 366 g/mol. The number of ether oxygens (including phenoxy) is 1. The fourth-order valence-corrected chi connectivity index (χ4v) is 4.18. The summed E-state index contributed by atoms with van der Waals surface area (Å²) in [6, 6.07) is 15.6. The quantitative estimate of drug-likeness (QED) is 0.352. The number of nitrogens with zero attached hydrogens (tertiary/aromatic N) is 1. The minimum absolute atomic E-state index is 0.124. The van der Waals surface area contributed by atoms with Crippen molar-refractivity contribution in [2.45, 2.75) is 83.3 Å². The number of benzene rings is 1. The summed E-state index contributed by atoms with van der Waals surface area (Å²) in [5, 5.41) is 0. The van der Waals surface area contributed by atoms with Crippen molar-refractivity contribution in [1.29, 1.82) is 0 Å². The smallest absolute Gasteiger partial charge is 0.178 e. The van der Waals surface area contributed by atoms with Gasteiger partial charge in [0.05, 0.1) is 0 Å². The lowest BCUT2D eigenvalue weighted by molar-refractivity contribution is -0.705. The van der Waals surface area contributed by atoms with Gasteiger partial charge in [0.2, 0.25) is 0 Å². The zero-order chi connectivity index (χ0) is 18.7. The zero-order valence-electron chi connectivity index (χ0n) is 17.0. The second-order valence-electron chi connectivity index (χ2n) is 7.99. The molecule has 2 nitrogen and oxygen atoms in total. The molecule has 1 unspecified atom stereocenters. The summed E-state index contributed by atoms with van der Waals surface area (Å²) in [4.78, 5) is 0. The van der Waals surface area contributed by atoms with Gasteiger partial charge >= 0.3 is 0 Å². The Morgan fingerprint density at radius 2 is 1.67 bits per heavy atom. The van der Waals surface area contributed by atoms with E-state index in [1.165, 1.54) is 62.5 Å². The van der Waals surface area contributed by atoms with Crippen LogP contribution in [0.4, 0.5) is 0 Å².